The molecule has 0 amide bonds. The molecule has 2 aliphatic rings. The lowest BCUT2D eigenvalue weighted by Crippen LogP contribution is -2.44. The van der Waals surface area contributed by atoms with Gasteiger partial charge in [-0.05, 0) is 78.7 Å². The summed E-state index contributed by atoms with van der Waals surface area (Å²) in [5, 5.41) is 0. The maximum Gasteiger partial charge on any atom is 0.200 e. The molecular formula is C45H70N2O2. The zero-order chi connectivity index (χ0) is 37.2. The van der Waals surface area contributed by atoms with E-state index in [0.717, 1.165) is 11.8 Å². The van der Waals surface area contributed by atoms with E-state index < -0.39 is 5.41 Å². The van der Waals surface area contributed by atoms with Crippen LogP contribution in [0.3, 0.4) is 0 Å². The fraction of sp³-hybridized carbons (Fsp3) is 0.689. The van der Waals surface area contributed by atoms with Crippen LogP contribution in [0.5, 0.6) is 0 Å². The second-order valence-electron chi connectivity index (χ2n) is 21.5. The third-order valence-electron chi connectivity index (χ3n) is 10.6. The van der Waals surface area contributed by atoms with Crippen LogP contribution in [0.4, 0.5) is 0 Å². The Morgan fingerprint density at radius 2 is 0.714 bits per heavy atom. The summed E-state index contributed by atoms with van der Waals surface area (Å²) in [5.74, 6) is 1.55. The van der Waals surface area contributed by atoms with Gasteiger partial charge in [0.1, 0.15) is 18.6 Å². The highest BCUT2D eigenvalue weighted by Crippen LogP contribution is 2.43. The number of hydrogen-bond acceptors (Lipinski definition) is 4. The number of aliphatic imine (C=N–C) groups is 2. The summed E-state index contributed by atoms with van der Waals surface area (Å²) < 4.78 is 13.6. The minimum atomic E-state index is -0.711. The first-order chi connectivity index (χ1) is 22.0. The lowest BCUT2D eigenvalue weighted by Gasteiger charge is -2.35. The van der Waals surface area contributed by atoms with Gasteiger partial charge in [-0.2, -0.15) is 0 Å². The van der Waals surface area contributed by atoms with Crippen LogP contribution < -0.4 is 0 Å². The minimum Gasteiger partial charge on any atom is -0.478 e. The summed E-state index contributed by atoms with van der Waals surface area (Å²) in [6.07, 6.45) is 1.38. The van der Waals surface area contributed by atoms with Gasteiger partial charge in [0, 0.05) is 0 Å². The van der Waals surface area contributed by atoms with Crippen molar-refractivity contribution in [3.8, 4) is 0 Å². The van der Waals surface area contributed by atoms with Crippen molar-refractivity contribution in [1.82, 2.24) is 0 Å². The van der Waals surface area contributed by atoms with Gasteiger partial charge in [0.15, 0.2) is 11.8 Å². The highest BCUT2D eigenvalue weighted by atomic mass is 16.5. The molecule has 2 aromatic rings. The number of hydrogen-bond donors (Lipinski definition) is 0. The van der Waals surface area contributed by atoms with E-state index in [0.29, 0.717) is 26.1 Å². The zero-order valence-electron chi connectivity index (χ0n) is 34.7. The first-order valence-electron chi connectivity index (χ1n) is 18.7. The van der Waals surface area contributed by atoms with E-state index in [1.54, 1.807) is 0 Å². The summed E-state index contributed by atoms with van der Waals surface area (Å²) in [7, 11) is 0. The van der Waals surface area contributed by atoms with Crippen LogP contribution in [-0.4, -0.2) is 37.1 Å². The average Bonchev–Trinajstić information content (AvgIpc) is 3.62. The van der Waals surface area contributed by atoms with Crippen LogP contribution in [0.2, 0.25) is 0 Å². The Morgan fingerprint density at radius 1 is 0.449 bits per heavy atom. The molecule has 49 heavy (non-hydrogen) atoms. The molecule has 4 heteroatoms. The highest BCUT2D eigenvalue weighted by Gasteiger charge is 2.51. The SMILES string of the molecule is CC(C)(C)c1cc(CC(Cc2cc(C(C)(C)C)cc(C(C)(C)C)c2)(C2=N[C@@H](C(C)(C)C)CO2)C2=N[C@@H](C(C)(C)C)CO2)cc(C(C)(C)C)c1. The second kappa shape index (κ2) is 12.9. The standard InChI is InChI=1S/C45H70N2O2/c1-39(2,3)31-19-29(20-32(23-31)40(4,5)6)25-45(37-46-35(27-48-37)43(13,14)15,38-47-36(28-49-38)44(16,17)18)26-30-21-33(41(7,8)9)24-34(22-30)42(10,11)12/h19-24,35-36H,25-28H2,1-18H3/t35-,36-/m1/s1. The second-order valence-corrected chi connectivity index (χ2v) is 21.5. The first-order valence-corrected chi connectivity index (χ1v) is 18.7. The predicted molar refractivity (Wildman–Crippen MR) is 211 cm³/mol. The monoisotopic (exact) mass is 671 g/mol. The highest BCUT2D eigenvalue weighted by molar-refractivity contribution is 6.07. The lowest BCUT2D eigenvalue weighted by molar-refractivity contribution is 0.207. The van der Waals surface area contributed by atoms with Crippen molar-refractivity contribution in [3.05, 3.63) is 69.8 Å². The van der Waals surface area contributed by atoms with Crippen molar-refractivity contribution in [1.29, 1.82) is 0 Å². The van der Waals surface area contributed by atoms with Gasteiger partial charge < -0.3 is 9.47 Å². The molecule has 2 aliphatic heterocycles. The molecule has 0 bridgehead atoms. The zero-order valence-corrected chi connectivity index (χ0v) is 34.7. The van der Waals surface area contributed by atoms with E-state index in [4.69, 9.17) is 19.5 Å². The lowest BCUT2D eigenvalue weighted by atomic mass is 9.71. The van der Waals surface area contributed by atoms with Gasteiger partial charge in [0.05, 0.1) is 12.1 Å². The molecule has 0 N–H and O–H groups in total. The van der Waals surface area contributed by atoms with E-state index in [9.17, 15) is 0 Å². The molecule has 0 radical (unpaired) electrons. The molecule has 2 atom stereocenters. The molecule has 0 aromatic heterocycles. The normalized spacial score (nSPS) is 19.8. The minimum absolute atomic E-state index is 0.00126. The van der Waals surface area contributed by atoms with Crippen LogP contribution in [0.15, 0.2) is 46.4 Å². The molecule has 0 spiro atoms. The van der Waals surface area contributed by atoms with Crippen LogP contribution in [0.25, 0.3) is 0 Å². The molecular weight excluding hydrogens is 601 g/mol. The molecule has 272 valence electrons. The van der Waals surface area contributed by atoms with Gasteiger partial charge in [0.25, 0.3) is 0 Å². The Bertz CT molecular complexity index is 1380. The third-order valence-corrected chi connectivity index (χ3v) is 10.6. The average molecular weight is 671 g/mol. The van der Waals surface area contributed by atoms with Crippen LogP contribution in [-0.2, 0) is 44.0 Å². The summed E-state index contributed by atoms with van der Waals surface area (Å²) in [6, 6.07) is 14.6. The van der Waals surface area contributed by atoms with Gasteiger partial charge in [-0.1, -0.05) is 161 Å². The van der Waals surface area contributed by atoms with Crippen LogP contribution in [0.1, 0.15) is 158 Å². The fourth-order valence-corrected chi connectivity index (χ4v) is 6.63. The molecule has 2 aromatic carbocycles. The number of rotatable bonds is 6. The van der Waals surface area contributed by atoms with Gasteiger partial charge >= 0.3 is 0 Å². The molecule has 0 saturated heterocycles. The van der Waals surface area contributed by atoms with Crippen LogP contribution in [0, 0.1) is 16.2 Å². The molecule has 2 heterocycles. The van der Waals surface area contributed by atoms with Gasteiger partial charge in [-0.25, -0.2) is 9.98 Å². The van der Waals surface area contributed by atoms with Gasteiger partial charge in [-0.3, -0.25) is 0 Å². The Labute approximate surface area is 301 Å². The third kappa shape index (κ3) is 9.01. The van der Waals surface area contributed by atoms with Crippen LogP contribution >= 0.6 is 0 Å². The maximum absolute atomic E-state index is 6.81. The summed E-state index contributed by atoms with van der Waals surface area (Å²) in [6.45, 7) is 42.5. The Hall–Kier alpha value is -2.62. The maximum atomic E-state index is 6.81. The van der Waals surface area contributed by atoms with Gasteiger partial charge in [0.2, 0.25) is 0 Å². The first kappa shape index (κ1) is 39.2. The topological polar surface area (TPSA) is 43.2 Å². The number of nitrogens with zero attached hydrogens (tertiary/aromatic N) is 2. The van der Waals surface area contributed by atoms with Crippen molar-refractivity contribution in [2.75, 3.05) is 13.2 Å². The summed E-state index contributed by atoms with van der Waals surface area (Å²) >= 11 is 0. The molecule has 0 saturated carbocycles. The van der Waals surface area contributed by atoms with Crippen molar-refractivity contribution < 1.29 is 9.47 Å². The van der Waals surface area contributed by atoms with Gasteiger partial charge in [-0.15, -0.1) is 0 Å². The van der Waals surface area contributed by atoms with E-state index in [-0.39, 0.29) is 44.6 Å². The van der Waals surface area contributed by atoms with Crippen molar-refractivity contribution in [2.45, 2.75) is 171 Å². The summed E-state index contributed by atoms with van der Waals surface area (Å²) in [5.41, 5.74) is 7.15. The van der Waals surface area contributed by atoms with Crippen molar-refractivity contribution >= 4 is 11.8 Å². The molecule has 4 rings (SSSR count). The van der Waals surface area contributed by atoms with E-state index in [2.05, 4.69) is 161 Å². The summed E-state index contributed by atoms with van der Waals surface area (Å²) in [4.78, 5) is 10.9. The smallest absolute Gasteiger partial charge is 0.200 e. The largest absolute Gasteiger partial charge is 0.478 e. The Balaban J connectivity index is 2.08. The molecule has 0 aliphatic carbocycles. The van der Waals surface area contributed by atoms with E-state index in [1.165, 1.54) is 33.4 Å². The quantitative estimate of drug-likeness (QED) is 0.307. The Morgan fingerprint density at radius 3 is 0.918 bits per heavy atom. The van der Waals surface area contributed by atoms with E-state index in [1.807, 2.05) is 0 Å². The number of ether oxygens (including phenoxy) is 2. The van der Waals surface area contributed by atoms with Crippen molar-refractivity contribution in [2.24, 2.45) is 26.2 Å². The van der Waals surface area contributed by atoms with Crippen molar-refractivity contribution in [3.63, 3.8) is 0 Å². The number of benzene rings is 2. The molecule has 4 nitrogen and oxygen atoms in total. The predicted octanol–water partition coefficient (Wildman–Crippen LogP) is 11.3. The molecule has 0 unspecified atom stereocenters. The van der Waals surface area contributed by atoms with E-state index >= 15 is 0 Å². The Kier molecular flexibility index (Phi) is 10.3. The fourth-order valence-electron chi connectivity index (χ4n) is 6.63. The molecule has 0 fully saturated rings.